The van der Waals surface area contributed by atoms with E-state index >= 15 is 0 Å². The van der Waals surface area contributed by atoms with Crippen molar-refractivity contribution in [1.82, 2.24) is 15.1 Å². The molecule has 0 spiro atoms. The molecule has 0 radical (unpaired) electrons. The quantitative estimate of drug-likeness (QED) is 0.795. The number of rotatable bonds is 1. The van der Waals surface area contributed by atoms with Gasteiger partial charge >= 0.3 is 0 Å². The summed E-state index contributed by atoms with van der Waals surface area (Å²) in [7, 11) is 2.01. The Morgan fingerprint density at radius 2 is 1.94 bits per heavy atom. The predicted octanol–water partition coefficient (Wildman–Crippen LogP) is 3.29. The molecule has 1 aliphatic heterocycles. The van der Waals surface area contributed by atoms with E-state index in [-0.39, 0.29) is 0 Å². The Bertz CT molecular complexity index is 249. The molecule has 1 aliphatic rings. The van der Waals surface area contributed by atoms with Crippen molar-refractivity contribution < 1.29 is 0 Å². The summed E-state index contributed by atoms with van der Waals surface area (Å²) in [6, 6.07) is 2.63. The zero-order valence-corrected chi connectivity index (χ0v) is 11.5. The van der Waals surface area contributed by atoms with Crippen LogP contribution >= 0.6 is 0 Å². The minimum Gasteiger partial charge on any atom is -0.309 e. The summed E-state index contributed by atoms with van der Waals surface area (Å²) in [5.41, 5.74) is 1.31. The Hall–Kier alpha value is -0.830. The first-order valence-corrected chi connectivity index (χ1v) is 6.59. The molecule has 1 fully saturated rings. The Kier molecular flexibility index (Phi) is 8.91. The van der Waals surface area contributed by atoms with Crippen LogP contribution in [0.3, 0.4) is 0 Å². The van der Waals surface area contributed by atoms with Crippen molar-refractivity contribution in [2.75, 3.05) is 6.54 Å². The first-order chi connectivity index (χ1) is 7.88. The highest BCUT2D eigenvalue weighted by atomic mass is 15.3. The van der Waals surface area contributed by atoms with E-state index in [2.05, 4.69) is 16.5 Å². The van der Waals surface area contributed by atoms with E-state index in [1.54, 1.807) is 0 Å². The van der Waals surface area contributed by atoms with Crippen molar-refractivity contribution in [2.45, 2.75) is 53.0 Å². The third-order valence-electron chi connectivity index (χ3n) is 2.53. The molecule has 0 aromatic carbocycles. The van der Waals surface area contributed by atoms with Gasteiger partial charge in [-0.15, -0.1) is 0 Å². The topological polar surface area (TPSA) is 29.9 Å². The van der Waals surface area contributed by atoms with Gasteiger partial charge in [-0.3, -0.25) is 4.68 Å². The maximum absolute atomic E-state index is 4.17. The van der Waals surface area contributed by atoms with E-state index in [0.29, 0.717) is 6.04 Å². The Balaban J connectivity index is 0.000000509. The van der Waals surface area contributed by atoms with Gasteiger partial charge in [0, 0.05) is 19.3 Å². The lowest BCUT2D eigenvalue weighted by Crippen LogP contribution is -2.28. The van der Waals surface area contributed by atoms with Crippen molar-refractivity contribution in [3.8, 4) is 0 Å². The summed E-state index contributed by atoms with van der Waals surface area (Å²) < 4.78 is 1.96. The van der Waals surface area contributed by atoms with Crippen molar-refractivity contribution in [1.29, 1.82) is 0 Å². The van der Waals surface area contributed by atoms with Gasteiger partial charge in [0.15, 0.2) is 0 Å². The molecular weight excluding hydrogens is 198 g/mol. The number of hydrogen-bond donors (Lipinski definition) is 1. The largest absolute Gasteiger partial charge is 0.309 e. The Morgan fingerprint density at radius 3 is 2.38 bits per heavy atom. The maximum Gasteiger partial charge on any atom is 0.0550 e. The van der Waals surface area contributed by atoms with Crippen LogP contribution in [0.5, 0.6) is 0 Å². The zero-order valence-electron chi connectivity index (χ0n) is 11.5. The molecule has 0 bridgehead atoms. The van der Waals surface area contributed by atoms with Crippen molar-refractivity contribution in [2.24, 2.45) is 7.05 Å². The molecule has 3 nitrogen and oxygen atoms in total. The monoisotopic (exact) mass is 225 g/mol. The average molecular weight is 225 g/mol. The average Bonchev–Trinajstić information content (AvgIpc) is 2.82. The highest BCUT2D eigenvalue weighted by Crippen LogP contribution is 2.21. The fraction of sp³-hybridized carbons (Fsp3) is 0.769. The lowest BCUT2D eigenvalue weighted by Gasteiger charge is -2.23. The van der Waals surface area contributed by atoms with Gasteiger partial charge in [0.05, 0.1) is 5.69 Å². The minimum atomic E-state index is 0.534. The molecule has 1 unspecified atom stereocenters. The SMILES string of the molecule is CC.CC.Cn1nccc1C1CCCCN1. The van der Waals surface area contributed by atoms with Crippen LogP contribution in [-0.2, 0) is 7.05 Å². The summed E-state index contributed by atoms with van der Waals surface area (Å²) in [6.45, 7) is 9.15. The fourth-order valence-corrected chi connectivity index (χ4v) is 1.83. The molecule has 2 rings (SSSR count). The van der Waals surface area contributed by atoms with Crippen LogP contribution in [0.25, 0.3) is 0 Å². The molecule has 0 amide bonds. The lowest BCUT2D eigenvalue weighted by molar-refractivity contribution is 0.394. The van der Waals surface area contributed by atoms with Crippen LogP contribution < -0.4 is 5.32 Å². The standard InChI is InChI=1S/C9H15N3.2C2H6/c1-12-9(5-7-11-12)8-4-2-3-6-10-8;2*1-2/h5,7-8,10H,2-4,6H2,1H3;2*1-2H3. The molecule has 94 valence electrons. The molecule has 16 heavy (non-hydrogen) atoms. The number of aryl methyl sites for hydroxylation is 1. The number of hydrogen-bond acceptors (Lipinski definition) is 2. The van der Waals surface area contributed by atoms with Crippen LogP contribution in [0.2, 0.25) is 0 Å². The summed E-state index contributed by atoms with van der Waals surface area (Å²) in [6.07, 6.45) is 5.77. The van der Waals surface area contributed by atoms with Crippen LogP contribution in [0.15, 0.2) is 12.3 Å². The number of nitrogens with one attached hydrogen (secondary N) is 1. The molecule has 3 heteroatoms. The minimum absolute atomic E-state index is 0.534. The molecule has 1 saturated heterocycles. The van der Waals surface area contributed by atoms with Crippen molar-refractivity contribution >= 4 is 0 Å². The maximum atomic E-state index is 4.17. The molecule has 0 saturated carbocycles. The summed E-state index contributed by atoms with van der Waals surface area (Å²) in [5.74, 6) is 0. The van der Waals surface area contributed by atoms with Crippen LogP contribution in [0.4, 0.5) is 0 Å². The van der Waals surface area contributed by atoms with Crippen molar-refractivity contribution in [3.63, 3.8) is 0 Å². The van der Waals surface area contributed by atoms with Crippen LogP contribution in [0.1, 0.15) is 58.7 Å². The lowest BCUT2D eigenvalue weighted by atomic mass is 10.0. The summed E-state index contributed by atoms with van der Waals surface area (Å²) >= 11 is 0. The van der Waals surface area contributed by atoms with Crippen molar-refractivity contribution in [3.05, 3.63) is 18.0 Å². The second-order valence-corrected chi connectivity index (χ2v) is 3.38. The van der Waals surface area contributed by atoms with Crippen LogP contribution in [0, 0.1) is 0 Å². The molecular formula is C13H27N3. The zero-order chi connectivity index (χ0) is 12.4. The smallest absolute Gasteiger partial charge is 0.0550 e. The van der Waals surface area contributed by atoms with E-state index in [9.17, 15) is 0 Å². The van der Waals surface area contributed by atoms with Gasteiger partial charge < -0.3 is 5.32 Å². The van der Waals surface area contributed by atoms with Gasteiger partial charge in [0.2, 0.25) is 0 Å². The van der Waals surface area contributed by atoms with Gasteiger partial charge in [-0.25, -0.2) is 0 Å². The van der Waals surface area contributed by atoms with E-state index in [4.69, 9.17) is 0 Å². The predicted molar refractivity (Wildman–Crippen MR) is 70.5 cm³/mol. The van der Waals surface area contributed by atoms with Gasteiger partial charge in [-0.05, 0) is 25.5 Å². The molecule has 1 aromatic heterocycles. The summed E-state index contributed by atoms with van der Waals surface area (Å²) in [5, 5.41) is 7.67. The second kappa shape index (κ2) is 9.40. The molecule has 1 aromatic rings. The molecule has 0 aliphatic carbocycles. The molecule has 1 N–H and O–H groups in total. The Morgan fingerprint density at radius 1 is 1.25 bits per heavy atom. The van der Waals surface area contributed by atoms with Crippen LogP contribution in [-0.4, -0.2) is 16.3 Å². The van der Waals surface area contributed by atoms with Gasteiger partial charge in [-0.2, -0.15) is 5.10 Å². The van der Waals surface area contributed by atoms with E-state index < -0.39 is 0 Å². The van der Waals surface area contributed by atoms with E-state index in [1.807, 2.05) is 45.6 Å². The Labute approximate surface area is 100 Å². The third-order valence-corrected chi connectivity index (χ3v) is 2.53. The third kappa shape index (κ3) is 4.35. The molecule has 2 heterocycles. The number of nitrogens with zero attached hydrogens (tertiary/aromatic N) is 2. The van der Waals surface area contributed by atoms with Gasteiger partial charge in [0.25, 0.3) is 0 Å². The highest BCUT2D eigenvalue weighted by Gasteiger charge is 2.16. The van der Waals surface area contributed by atoms with Gasteiger partial charge in [-0.1, -0.05) is 34.1 Å². The first-order valence-electron chi connectivity index (χ1n) is 6.59. The normalized spacial score (nSPS) is 18.9. The van der Waals surface area contributed by atoms with E-state index in [1.165, 1.54) is 25.0 Å². The first kappa shape index (κ1) is 15.2. The fourth-order valence-electron chi connectivity index (χ4n) is 1.83. The summed E-state index contributed by atoms with van der Waals surface area (Å²) in [4.78, 5) is 0. The van der Waals surface area contributed by atoms with Gasteiger partial charge in [0.1, 0.15) is 0 Å². The molecule has 1 atom stereocenters. The highest BCUT2D eigenvalue weighted by molar-refractivity contribution is 5.07. The number of piperidine rings is 1. The second-order valence-electron chi connectivity index (χ2n) is 3.38. The van der Waals surface area contributed by atoms with E-state index in [0.717, 1.165) is 6.54 Å². The number of aromatic nitrogens is 2.